The van der Waals surface area contributed by atoms with Crippen LogP contribution in [0.15, 0.2) is 53.6 Å². The molecule has 1 amide bonds. The van der Waals surface area contributed by atoms with E-state index in [0.29, 0.717) is 22.3 Å². The van der Waals surface area contributed by atoms with E-state index in [2.05, 4.69) is 10.9 Å². The lowest BCUT2D eigenvalue weighted by Gasteiger charge is -2.12. The second kappa shape index (κ2) is 5.19. The van der Waals surface area contributed by atoms with Gasteiger partial charge in [-0.05, 0) is 30.3 Å². The van der Waals surface area contributed by atoms with Gasteiger partial charge in [-0.3, -0.25) is 9.59 Å². The SMILES string of the molecule is C#Cc1cccc(-n2cc(C(N)=O)c(=O)c3cccnc32)c1. The number of amides is 1. The maximum Gasteiger partial charge on any atom is 0.254 e. The average molecular weight is 289 g/mol. The summed E-state index contributed by atoms with van der Waals surface area (Å²) in [6.07, 6.45) is 8.39. The number of rotatable bonds is 2. The molecule has 0 aliphatic carbocycles. The van der Waals surface area contributed by atoms with E-state index in [1.165, 1.54) is 6.20 Å². The molecule has 106 valence electrons. The average Bonchev–Trinajstić information content (AvgIpc) is 2.55. The van der Waals surface area contributed by atoms with Crippen LogP contribution in [0.2, 0.25) is 0 Å². The summed E-state index contributed by atoms with van der Waals surface area (Å²) in [4.78, 5) is 28.1. The fraction of sp³-hybridized carbons (Fsp3) is 0. The normalized spacial score (nSPS) is 10.3. The van der Waals surface area contributed by atoms with Crippen LogP contribution < -0.4 is 11.2 Å². The molecule has 1 aromatic carbocycles. The van der Waals surface area contributed by atoms with E-state index in [1.807, 2.05) is 6.07 Å². The van der Waals surface area contributed by atoms with Crippen LogP contribution in [0.5, 0.6) is 0 Å². The van der Waals surface area contributed by atoms with Crippen molar-refractivity contribution in [2.45, 2.75) is 0 Å². The van der Waals surface area contributed by atoms with E-state index in [1.54, 1.807) is 41.1 Å². The van der Waals surface area contributed by atoms with Crippen molar-refractivity contribution in [3.8, 4) is 18.0 Å². The third-order valence-corrected chi connectivity index (χ3v) is 3.32. The molecule has 0 bridgehead atoms. The fourth-order valence-corrected chi connectivity index (χ4v) is 2.28. The summed E-state index contributed by atoms with van der Waals surface area (Å²) in [5.41, 5.74) is 6.60. The molecule has 0 radical (unpaired) electrons. The van der Waals surface area contributed by atoms with Gasteiger partial charge in [-0.15, -0.1) is 6.42 Å². The van der Waals surface area contributed by atoms with Crippen molar-refractivity contribution < 1.29 is 4.79 Å². The first-order valence-electron chi connectivity index (χ1n) is 6.49. The number of carbonyl (C=O) groups excluding carboxylic acids is 1. The highest BCUT2D eigenvalue weighted by atomic mass is 16.2. The molecule has 5 nitrogen and oxygen atoms in total. The Balaban J connectivity index is 2.43. The highest BCUT2D eigenvalue weighted by molar-refractivity contribution is 5.96. The van der Waals surface area contributed by atoms with Gasteiger partial charge in [0.1, 0.15) is 11.2 Å². The molecule has 0 unspecified atom stereocenters. The zero-order chi connectivity index (χ0) is 15.7. The van der Waals surface area contributed by atoms with Crippen molar-refractivity contribution in [2.24, 2.45) is 5.73 Å². The fourth-order valence-electron chi connectivity index (χ4n) is 2.28. The third-order valence-electron chi connectivity index (χ3n) is 3.32. The Morgan fingerprint density at radius 3 is 2.82 bits per heavy atom. The zero-order valence-electron chi connectivity index (χ0n) is 11.5. The van der Waals surface area contributed by atoms with Gasteiger partial charge in [-0.1, -0.05) is 12.0 Å². The molecule has 0 saturated carbocycles. The maximum atomic E-state index is 12.3. The van der Waals surface area contributed by atoms with Gasteiger partial charge in [0.2, 0.25) is 5.43 Å². The number of nitrogens with zero attached hydrogens (tertiary/aromatic N) is 2. The molecule has 0 aliphatic rings. The van der Waals surface area contributed by atoms with Crippen LogP contribution in [-0.2, 0) is 0 Å². The zero-order valence-corrected chi connectivity index (χ0v) is 11.5. The molecule has 2 heterocycles. The molecule has 2 aromatic heterocycles. The molecule has 0 fully saturated rings. The van der Waals surface area contributed by atoms with E-state index in [9.17, 15) is 9.59 Å². The minimum absolute atomic E-state index is 0.0911. The number of terminal acetylenes is 1. The lowest BCUT2D eigenvalue weighted by atomic mass is 10.1. The van der Waals surface area contributed by atoms with Crippen LogP contribution in [-0.4, -0.2) is 15.5 Å². The van der Waals surface area contributed by atoms with E-state index in [4.69, 9.17) is 12.2 Å². The number of hydrogen-bond acceptors (Lipinski definition) is 3. The molecule has 0 saturated heterocycles. The first kappa shape index (κ1) is 13.6. The van der Waals surface area contributed by atoms with Gasteiger partial charge in [-0.2, -0.15) is 0 Å². The maximum absolute atomic E-state index is 12.3. The van der Waals surface area contributed by atoms with Crippen molar-refractivity contribution in [3.63, 3.8) is 0 Å². The van der Waals surface area contributed by atoms with Crippen molar-refractivity contribution in [3.05, 3.63) is 70.1 Å². The summed E-state index contributed by atoms with van der Waals surface area (Å²) < 4.78 is 1.64. The van der Waals surface area contributed by atoms with Gasteiger partial charge in [0.05, 0.1) is 5.39 Å². The first-order chi connectivity index (χ1) is 10.6. The number of hydrogen-bond donors (Lipinski definition) is 1. The van der Waals surface area contributed by atoms with E-state index in [-0.39, 0.29) is 5.56 Å². The Morgan fingerprint density at radius 2 is 2.09 bits per heavy atom. The minimum atomic E-state index is -0.780. The molecule has 22 heavy (non-hydrogen) atoms. The Hall–Kier alpha value is -3.39. The number of primary amides is 1. The summed E-state index contributed by atoms with van der Waals surface area (Å²) in [6.45, 7) is 0. The summed E-state index contributed by atoms with van der Waals surface area (Å²) >= 11 is 0. The molecule has 3 aromatic rings. The third kappa shape index (κ3) is 2.13. The second-order valence-corrected chi connectivity index (χ2v) is 4.68. The number of aromatic nitrogens is 2. The van der Waals surface area contributed by atoms with E-state index < -0.39 is 11.3 Å². The van der Waals surface area contributed by atoms with Crippen LogP contribution in [0, 0.1) is 12.3 Å². The van der Waals surface area contributed by atoms with Crippen molar-refractivity contribution in [1.29, 1.82) is 0 Å². The number of fused-ring (bicyclic) bond motifs is 1. The van der Waals surface area contributed by atoms with Crippen LogP contribution in [0.1, 0.15) is 15.9 Å². The van der Waals surface area contributed by atoms with Gasteiger partial charge >= 0.3 is 0 Å². The molecule has 0 aliphatic heterocycles. The lowest BCUT2D eigenvalue weighted by Crippen LogP contribution is -2.24. The Labute approximate surface area is 126 Å². The lowest BCUT2D eigenvalue weighted by molar-refractivity contribution is 0.0999. The number of pyridine rings is 2. The number of carbonyl (C=O) groups is 1. The summed E-state index contributed by atoms with van der Waals surface area (Å²) in [5, 5.41) is 0.324. The van der Waals surface area contributed by atoms with Crippen molar-refractivity contribution in [2.75, 3.05) is 0 Å². The van der Waals surface area contributed by atoms with Crippen LogP contribution >= 0.6 is 0 Å². The highest BCUT2D eigenvalue weighted by Gasteiger charge is 2.14. The van der Waals surface area contributed by atoms with Crippen molar-refractivity contribution in [1.82, 2.24) is 9.55 Å². The van der Waals surface area contributed by atoms with Gasteiger partial charge in [0, 0.05) is 23.6 Å². The monoisotopic (exact) mass is 289 g/mol. The molecule has 2 N–H and O–H groups in total. The molecular formula is C17H11N3O2. The van der Waals surface area contributed by atoms with Crippen LogP contribution in [0.3, 0.4) is 0 Å². The quantitative estimate of drug-likeness (QED) is 0.726. The predicted molar refractivity (Wildman–Crippen MR) is 83.8 cm³/mol. The predicted octanol–water partition coefficient (Wildman–Crippen LogP) is 1.47. The van der Waals surface area contributed by atoms with Crippen molar-refractivity contribution >= 4 is 16.9 Å². The molecule has 0 atom stereocenters. The standard InChI is InChI=1S/C17H11N3O2/c1-2-11-5-3-6-12(9-11)20-10-14(16(18)22)15(21)13-7-4-8-19-17(13)20/h1,3-10H,(H2,18,22). The Bertz CT molecular complexity index is 997. The first-order valence-corrected chi connectivity index (χ1v) is 6.49. The van der Waals surface area contributed by atoms with Crippen LogP contribution in [0.4, 0.5) is 0 Å². The molecule has 0 spiro atoms. The summed E-state index contributed by atoms with van der Waals surface area (Å²) in [5.74, 6) is 1.77. The van der Waals surface area contributed by atoms with Gasteiger partial charge in [0.15, 0.2) is 0 Å². The Kier molecular flexibility index (Phi) is 3.20. The molecule has 5 heteroatoms. The second-order valence-electron chi connectivity index (χ2n) is 4.68. The van der Waals surface area contributed by atoms with E-state index in [0.717, 1.165) is 0 Å². The number of nitrogens with two attached hydrogens (primary N) is 1. The minimum Gasteiger partial charge on any atom is -0.365 e. The van der Waals surface area contributed by atoms with Gasteiger partial charge in [0.25, 0.3) is 5.91 Å². The van der Waals surface area contributed by atoms with E-state index >= 15 is 0 Å². The van der Waals surface area contributed by atoms with Crippen LogP contribution in [0.25, 0.3) is 16.7 Å². The summed E-state index contributed by atoms with van der Waals surface area (Å²) in [7, 11) is 0. The van der Waals surface area contributed by atoms with Gasteiger partial charge in [-0.25, -0.2) is 4.98 Å². The largest absolute Gasteiger partial charge is 0.365 e. The topological polar surface area (TPSA) is 78.0 Å². The number of benzene rings is 1. The summed E-state index contributed by atoms with van der Waals surface area (Å²) in [6, 6.07) is 10.4. The highest BCUT2D eigenvalue weighted by Crippen LogP contribution is 2.16. The molecular weight excluding hydrogens is 278 g/mol. The Morgan fingerprint density at radius 1 is 1.27 bits per heavy atom. The van der Waals surface area contributed by atoms with Gasteiger partial charge < -0.3 is 10.3 Å². The molecule has 3 rings (SSSR count). The smallest absolute Gasteiger partial charge is 0.254 e.